The van der Waals surface area contributed by atoms with Gasteiger partial charge < -0.3 is 19.3 Å². The van der Waals surface area contributed by atoms with Crippen molar-refractivity contribution in [3.63, 3.8) is 0 Å². The smallest absolute Gasteiger partial charge is 0.312 e. The molecule has 0 aromatic heterocycles. The Morgan fingerprint density at radius 3 is 2.43 bits per heavy atom. The number of amides is 2. The minimum absolute atomic E-state index is 0.0467. The molecular weight excluding hydrogens is 360 g/mol. The molecule has 0 radical (unpaired) electrons. The Hall–Kier alpha value is -2.41. The second kappa shape index (κ2) is 8.73. The zero-order chi connectivity index (χ0) is 20.3. The average molecular weight is 388 g/mol. The Bertz CT molecular complexity index is 713. The fraction of sp³-hybridized carbons (Fsp3) is 0.571. The lowest BCUT2D eigenvalue weighted by atomic mass is 10.1. The fourth-order valence-corrected chi connectivity index (χ4v) is 3.82. The first kappa shape index (κ1) is 20.3. The van der Waals surface area contributed by atoms with Crippen molar-refractivity contribution in [3.05, 3.63) is 35.9 Å². The quantitative estimate of drug-likeness (QED) is 0.716. The van der Waals surface area contributed by atoms with Gasteiger partial charge in [-0.2, -0.15) is 0 Å². The zero-order valence-corrected chi connectivity index (χ0v) is 16.7. The molecule has 4 atom stereocenters. The van der Waals surface area contributed by atoms with E-state index < -0.39 is 18.0 Å². The number of hydrogen-bond donors (Lipinski definition) is 0. The van der Waals surface area contributed by atoms with Crippen molar-refractivity contribution in [2.75, 3.05) is 19.6 Å². The van der Waals surface area contributed by atoms with Crippen molar-refractivity contribution in [2.24, 2.45) is 5.92 Å². The second-order valence-electron chi connectivity index (χ2n) is 7.74. The summed E-state index contributed by atoms with van der Waals surface area (Å²) in [4.78, 5) is 40.8. The normalized spacial score (nSPS) is 26.2. The standard InChI is InChI=1S/C21H28N2O5/c1-14-10-23(11-15(2)27-14)20(25)16(3)28-21(26)18-9-19(24)22(13-18)12-17-7-5-4-6-8-17/h4-8,14-16,18H,9-13H2,1-3H3/t14-,15+,16-,18-/m0/s1. The summed E-state index contributed by atoms with van der Waals surface area (Å²) in [6, 6.07) is 9.66. The highest BCUT2D eigenvalue weighted by Gasteiger charge is 2.37. The van der Waals surface area contributed by atoms with Gasteiger partial charge in [0, 0.05) is 32.6 Å². The molecule has 2 aliphatic rings. The van der Waals surface area contributed by atoms with Gasteiger partial charge in [-0.25, -0.2) is 0 Å². The van der Waals surface area contributed by atoms with Crippen molar-refractivity contribution >= 4 is 17.8 Å². The monoisotopic (exact) mass is 388 g/mol. The molecular formula is C21H28N2O5. The largest absolute Gasteiger partial charge is 0.452 e. The van der Waals surface area contributed by atoms with Crippen LogP contribution in [0.2, 0.25) is 0 Å². The second-order valence-corrected chi connectivity index (χ2v) is 7.74. The van der Waals surface area contributed by atoms with Gasteiger partial charge in [-0.05, 0) is 26.3 Å². The molecule has 7 nitrogen and oxygen atoms in total. The van der Waals surface area contributed by atoms with Crippen LogP contribution in [-0.4, -0.2) is 65.5 Å². The van der Waals surface area contributed by atoms with E-state index >= 15 is 0 Å². The molecule has 152 valence electrons. The summed E-state index contributed by atoms with van der Waals surface area (Å²) in [5.41, 5.74) is 1.02. The molecule has 28 heavy (non-hydrogen) atoms. The third-order valence-electron chi connectivity index (χ3n) is 5.14. The first-order valence-electron chi connectivity index (χ1n) is 9.80. The van der Waals surface area contributed by atoms with E-state index in [-0.39, 0.29) is 30.4 Å². The number of rotatable bonds is 5. The Labute approximate surface area is 165 Å². The van der Waals surface area contributed by atoms with E-state index in [1.165, 1.54) is 0 Å². The van der Waals surface area contributed by atoms with Crippen LogP contribution < -0.4 is 0 Å². The number of esters is 1. The molecule has 1 aromatic carbocycles. The predicted octanol–water partition coefficient (Wildman–Crippen LogP) is 1.60. The van der Waals surface area contributed by atoms with Crippen LogP contribution in [0.15, 0.2) is 30.3 Å². The van der Waals surface area contributed by atoms with Gasteiger partial charge in [-0.3, -0.25) is 14.4 Å². The number of morpholine rings is 1. The number of likely N-dealkylation sites (tertiary alicyclic amines) is 1. The maximum atomic E-state index is 12.6. The van der Waals surface area contributed by atoms with Crippen molar-refractivity contribution in [1.82, 2.24) is 9.80 Å². The molecule has 2 aliphatic heterocycles. The molecule has 0 aliphatic carbocycles. The average Bonchev–Trinajstić information content (AvgIpc) is 3.01. The topological polar surface area (TPSA) is 76.2 Å². The van der Waals surface area contributed by atoms with Crippen molar-refractivity contribution in [1.29, 1.82) is 0 Å². The summed E-state index contributed by atoms with van der Waals surface area (Å²) in [5.74, 6) is -1.31. The van der Waals surface area contributed by atoms with Gasteiger partial charge in [-0.15, -0.1) is 0 Å². The van der Waals surface area contributed by atoms with E-state index in [0.29, 0.717) is 26.2 Å². The maximum Gasteiger partial charge on any atom is 0.312 e. The number of nitrogens with zero attached hydrogens (tertiary/aromatic N) is 2. The molecule has 0 unspecified atom stereocenters. The fourth-order valence-electron chi connectivity index (χ4n) is 3.82. The number of benzene rings is 1. The minimum Gasteiger partial charge on any atom is -0.452 e. The van der Waals surface area contributed by atoms with Crippen LogP contribution in [0.5, 0.6) is 0 Å². The van der Waals surface area contributed by atoms with E-state index in [9.17, 15) is 14.4 Å². The van der Waals surface area contributed by atoms with Gasteiger partial charge in [0.05, 0.1) is 18.1 Å². The first-order chi connectivity index (χ1) is 13.3. The third kappa shape index (κ3) is 4.90. The summed E-state index contributed by atoms with van der Waals surface area (Å²) in [7, 11) is 0. The predicted molar refractivity (Wildman–Crippen MR) is 102 cm³/mol. The van der Waals surface area contributed by atoms with Gasteiger partial charge in [0.1, 0.15) is 0 Å². The molecule has 0 saturated carbocycles. The maximum absolute atomic E-state index is 12.6. The Morgan fingerprint density at radius 1 is 1.14 bits per heavy atom. The van der Waals surface area contributed by atoms with Crippen molar-refractivity contribution < 1.29 is 23.9 Å². The number of ether oxygens (including phenoxy) is 2. The van der Waals surface area contributed by atoms with Crippen LogP contribution in [-0.2, 0) is 30.4 Å². The number of carbonyl (C=O) groups excluding carboxylic acids is 3. The van der Waals surface area contributed by atoms with Crippen LogP contribution >= 0.6 is 0 Å². The van der Waals surface area contributed by atoms with Crippen LogP contribution in [0.1, 0.15) is 32.8 Å². The molecule has 7 heteroatoms. The summed E-state index contributed by atoms with van der Waals surface area (Å²) in [6.07, 6.45) is -0.842. The first-order valence-corrected chi connectivity index (χ1v) is 9.80. The van der Waals surface area contributed by atoms with Gasteiger partial charge in [0.25, 0.3) is 5.91 Å². The van der Waals surface area contributed by atoms with E-state index in [0.717, 1.165) is 5.56 Å². The van der Waals surface area contributed by atoms with E-state index in [4.69, 9.17) is 9.47 Å². The summed E-state index contributed by atoms with van der Waals surface area (Å²) >= 11 is 0. The van der Waals surface area contributed by atoms with Gasteiger partial charge in [0.2, 0.25) is 5.91 Å². The lowest BCUT2D eigenvalue weighted by Gasteiger charge is -2.36. The third-order valence-corrected chi connectivity index (χ3v) is 5.14. The number of hydrogen-bond acceptors (Lipinski definition) is 5. The van der Waals surface area contributed by atoms with Crippen molar-refractivity contribution in [2.45, 2.75) is 52.0 Å². The Morgan fingerprint density at radius 2 is 1.79 bits per heavy atom. The molecule has 0 bridgehead atoms. The molecule has 2 fully saturated rings. The zero-order valence-electron chi connectivity index (χ0n) is 16.7. The van der Waals surface area contributed by atoms with Crippen LogP contribution in [0.3, 0.4) is 0 Å². The molecule has 0 spiro atoms. The minimum atomic E-state index is -0.872. The molecule has 3 rings (SSSR count). The summed E-state index contributed by atoms with van der Waals surface area (Å²) in [5, 5.41) is 0. The highest BCUT2D eigenvalue weighted by atomic mass is 16.5. The Balaban J connectivity index is 1.53. The molecule has 1 aromatic rings. The molecule has 2 heterocycles. The van der Waals surface area contributed by atoms with E-state index in [1.54, 1.807) is 16.7 Å². The lowest BCUT2D eigenvalue weighted by molar-refractivity contribution is -0.166. The van der Waals surface area contributed by atoms with E-state index in [1.807, 2.05) is 44.2 Å². The SMILES string of the molecule is C[C@@H]1CN(C(=O)[C@H](C)OC(=O)[C@H]2CC(=O)N(Cc3ccccc3)C2)C[C@H](C)O1. The Kier molecular flexibility index (Phi) is 6.34. The van der Waals surface area contributed by atoms with Gasteiger partial charge in [-0.1, -0.05) is 30.3 Å². The molecule has 2 amide bonds. The highest BCUT2D eigenvalue weighted by Crippen LogP contribution is 2.22. The van der Waals surface area contributed by atoms with Crippen LogP contribution in [0, 0.1) is 5.92 Å². The number of carbonyl (C=O) groups is 3. The van der Waals surface area contributed by atoms with Gasteiger partial charge in [0.15, 0.2) is 6.10 Å². The van der Waals surface area contributed by atoms with Crippen molar-refractivity contribution in [3.8, 4) is 0 Å². The lowest BCUT2D eigenvalue weighted by Crippen LogP contribution is -2.51. The summed E-state index contributed by atoms with van der Waals surface area (Å²) < 4.78 is 11.1. The van der Waals surface area contributed by atoms with Crippen LogP contribution in [0.4, 0.5) is 0 Å². The van der Waals surface area contributed by atoms with E-state index in [2.05, 4.69) is 0 Å². The summed E-state index contributed by atoms with van der Waals surface area (Å²) in [6.45, 7) is 7.18. The van der Waals surface area contributed by atoms with Crippen LogP contribution in [0.25, 0.3) is 0 Å². The van der Waals surface area contributed by atoms with Gasteiger partial charge >= 0.3 is 5.97 Å². The molecule has 2 saturated heterocycles. The highest BCUT2D eigenvalue weighted by molar-refractivity contribution is 5.89. The molecule has 0 N–H and O–H groups in total.